The van der Waals surface area contributed by atoms with E-state index in [4.69, 9.17) is 4.74 Å². The van der Waals surface area contributed by atoms with Crippen molar-refractivity contribution in [3.05, 3.63) is 54.1 Å². The van der Waals surface area contributed by atoms with E-state index in [1.807, 2.05) is 0 Å². The number of amides is 1. The molecule has 1 amide bonds. The summed E-state index contributed by atoms with van der Waals surface area (Å²) in [6, 6.07) is 14.3. The van der Waals surface area contributed by atoms with E-state index < -0.39 is 9.84 Å². The molecule has 0 aliphatic carbocycles. The van der Waals surface area contributed by atoms with Crippen molar-refractivity contribution in [1.82, 2.24) is 10.6 Å². The van der Waals surface area contributed by atoms with Gasteiger partial charge in [-0.1, -0.05) is 12.1 Å². The van der Waals surface area contributed by atoms with Crippen LogP contribution in [-0.2, 0) is 9.84 Å². The van der Waals surface area contributed by atoms with E-state index >= 15 is 0 Å². The number of carbonyl (C=O) groups is 1. The van der Waals surface area contributed by atoms with Gasteiger partial charge in [0.1, 0.15) is 16.4 Å². The van der Waals surface area contributed by atoms with Gasteiger partial charge in [-0.05, 0) is 55.7 Å². The van der Waals surface area contributed by atoms with Gasteiger partial charge in [-0.2, -0.15) is 0 Å². The summed E-state index contributed by atoms with van der Waals surface area (Å²) in [6.45, 7) is 0. The highest BCUT2D eigenvalue weighted by atomic mass is 32.2. The number of rotatable bonds is 5. The van der Waals surface area contributed by atoms with E-state index in [1.165, 1.54) is 12.5 Å². The minimum absolute atomic E-state index is 0.0996. The Morgan fingerprint density at radius 1 is 1.11 bits per heavy atom. The molecular formula is C20H22N2O4S. The Morgan fingerprint density at radius 2 is 1.85 bits per heavy atom. The van der Waals surface area contributed by atoms with E-state index in [0.29, 0.717) is 23.4 Å². The smallest absolute Gasteiger partial charge is 0.251 e. The molecule has 2 aliphatic rings. The zero-order valence-electron chi connectivity index (χ0n) is 15.0. The Balaban J connectivity index is 1.44. The Kier molecular flexibility index (Phi) is 4.65. The zero-order valence-corrected chi connectivity index (χ0v) is 15.8. The first-order chi connectivity index (χ1) is 12.9. The molecule has 2 heterocycles. The van der Waals surface area contributed by atoms with Crippen LogP contribution >= 0.6 is 0 Å². The molecule has 0 radical (unpaired) electrons. The summed E-state index contributed by atoms with van der Waals surface area (Å²) in [6.07, 6.45) is 4.44. The minimum atomic E-state index is -3.39. The standard InChI is InChI=1S/C20H22N2O4S/c1-27(24,25)19-5-3-2-4-18(19)26-15-9-6-13(7-10-15)20(23)22-17-12-14-8-11-16(17)21-14/h2-7,9-10,14,16-17,21H,8,11-12H2,1H3,(H,22,23)/t14-,16+,17-/m1/s1. The molecular weight excluding hydrogens is 364 g/mol. The van der Waals surface area contributed by atoms with Crippen molar-refractivity contribution in [2.45, 2.75) is 42.3 Å². The molecule has 2 aliphatic heterocycles. The van der Waals surface area contributed by atoms with E-state index in [1.54, 1.807) is 42.5 Å². The number of fused-ring (bicyclic) bond motifs is 2. The molecule has 142 valence electrons. The van der Waals surface area contributed by atoms with Gasteiger partial charge in [0.2, 0.25) is 0 Å². The predicted octanol–water partition coefficient (Wildman–Crippen LogP) is 2.51. The van der Waals surface area contributed by atoms with Gasteiger partial charge in [0, 0.05) is 29.9 Å². The Labute approximate surface area is 158 Å². The molecule has 2 aromatic rings. The second-order valence-corrected chi connectivity index (χ2v) is 9.19. The van der Waals surface area contributed by atoms with Crippen LogP contribution in [0.2, 0.25) is 0 Å². The lowest BCUT2D eigenvalue weighted by Crippen LogP contribution is -2.42. The largest absolute Gasteiger partial charge is 0.456 e. The molecule has 6 nitrogen and oxygen atoms in total. The second-order valence-electron chi connectivity index (χ2n) is 7.21. The zero-order chi connectivity index (χ0) is 19.0. The van der Waals surface area contributed by atoms with E-state index in [-0.39, 0.29) is 22.6 Å². The molecule has 2 N–H and O–H groups in total. The van der Waals surface area contributed by atoms with Crippen molar-refractivity contribution in [1.29, 1.82) is 0 Å². The van der Waals surface area contributed by atoms with Crippen LogP contribution in [0.5, 0.6) is 11.5 Å². The molecule has 2 saturated heterocycles. The molecule has 2 aromatic carbocycles. The fourth-order valence-corrected chi connectivity index (χ4v) is 4.68. The lowest BCUT2D eigenvalue weighted by atomic mass is 9.95. The van der Waals surface area contributed by atoms with Crippen LogP contribution < -0.4 is 15.4 Å². The van der Waals surface area contributed by atoms with Crippen LogP contribution in [-0.4, -0.2) is 38.7 Å². The van der Waals surface area contributed by atoms with Crippen LogP contribution in [0.3, 0.4) is 0 Å². The van der Waals surface area contributed by atoms with Crippen molar-refractivity contribution in [2.75, 3.05) is 6.26 Å². The normalized spacial score (nSPS) is 24.0. The Hall–Kier alpha value is -2.38. The monoisotopic (exact) mass is 386 g/mol. The van der Waals surface area contributed by atoms with Gasteiger partial charge in [0.05, 0.1) is 0 Å². The number of benzene rings is 2. The van der Waals surface area contributed by atoms with Crippen LogP contribution in [0.1, 0.15) is 29.6 Å². The van der Waals surface area contributed by atoms with Crippen LogP contribution in [0.25, 0.3) is 0 Å². The molecule has 2 bridgehead atoms. The predicted molar refractivity (Wildman–Crippen MR) is 102 cm³/mol. The summed E-state index contributed by atoms with van der Waals surface area (Å²) >= 11 is 0. The maximum absolute atomic E-state index is 12.5. The van der Waals surface area contributed by atoms with Gasteiger partial charge < -0.3 is 15.4 Å². The summed E-state index contributed by atoms with van der Waals surface area (Å²) in [5.74, 6) is 0.645. The van der Waals surface area contributed by atoms with Crippen LogP contribution in [0, 0.1) is 0 Å². The number of para-hydroxylation sites is 1. The first-order valence-corrected chi connectivity index (χ1v) is 10.9. The lowest BCUT2D eigenvalue weighted by Gasteiger charge is -2.21. The third kappa shape index (κ3) is 3.84. The maximum Gasteiger partial charge on any atom is 0.251 e. The quantitative estimate of drug-likeness (QED) is 0.825. The third-order valence-electron chi connectivity index (χ3n) is 5.21. The van der Waals surface area contributed by atoms with Gasteiger partial charge in [-0.3, -0.25) is 4.79 Å². The maximum atomic E-state index is 12.5. The average molecular weight is 386 g/mol. The number of sulfone groups is 1. The van der Waals surface area contributed by atoms with E-state index in [0.717, 1.165) is 19.1 Å². The molecule has 0 unspecified atom stereocenters. The van der Waals surface area contributed by atoms with Crippen LogP contribution in [0.15, 0.2) is 53.4 Å². The summed E-state index contributed by atoms with van der Waals surface area (Å²) < 4.78 is 29.5. The molecule has 3 atom stereocenters. The van der Waals surface area contributed by atoms with Gasteiger partial charge in [-0.15, -0.1) is 0 Å². The molecule has 4 rings (SSSR count). The van der Waals surface area contributed by atoms with Crippen molar-refractivity contribution < 1.29 is 17.9 Å². The van der Waals surface area contributed by atoms with Gasteiger partial charge in [0.25, 0.3) is 5.91 Å². The van der Waals surface area contributed by atoms with Crippen LogP contribution in [0.4, 0.5) is 0 Å². The first-order valence-electron chi connectivity index (χ1n) is 9.04. The average Bonchev–Trinajstić information content (AvgIpc) is 3.25. The van der Waals surface area contributed by atoms with Crippen molar-refractivity contribution in [3.8, 4) is 11.5 Å². The first kappa shape index (κ1) is 18.0. The van der Waals surface area contributed by atoms with E-state index in [2.05, 4.69) is 10.6 Å². The highest BCUT2D eigenvalue weighted by Crippen LogP contribution is 2.30. The number of hydrogen-bond acceptors (Lipinski definition) is 5. The minimum Gasteiger partial charge on any atom is -0.456 e. The lowest BCUT2D eigenvalue weighted by molar-refractivity contribution is 0.0931. The highest BCUT2D eigenvalue weighted by Gasteiger charge is 2.39. The SMILES string of the molecule is CS(=O)(=O)c1ccccc1Oc1ccc(C(=O)N[C@@H]2C[C@H]3CC[C@@H]2N3)cc1. The van der Waals surface area contributed by atoms with E-state index in [9.17, 15) is 13.2 Å². The van der Waals surface area contributed by atoms with Gasteiger partial charge in [-0.25, -0.2) is 8.42 Å². The molecule has 7 heteroatoms. The number of carbonyl (C=O) groups excluding carboxylic acids is 1. The summed E-state index contributed by atoms with van der Waals surface area (Å²) in [7, 11) is -3.39. The van der Waals surface area contributed by atoms with Gasteiger partial charge >= 0.3 is 0 Å². The Morgan fingerprint density at radius 3 is 2.48 bits per heavy atom. The number of nitrogens with one attached hydrogen (secondary N) is 2. The summed E-state index contributed by atoms with van der Waals surface area (Å²) in [5.41, 5.74) is 0.557. The number of ether oxygens (including phenoxy) is 1. The van der Waals surface area contributed by atoms with Gasteiger partial charge in [0.15, 0.2) is 9.84 Å². The van der Waals surface area contributed by atoms with Crippen molar-refractivity contribution in [2.24, 2.45) is 0 Å². The highest BCUT2D eigenvalue weighted by molar-refractivity contribution is 7.90. The third-order valence-corrected chi connectivity index (χ3v) is 6.35. The second kappa shape index (κ2) is 6.98. The summed E-state index contributed by atoms with van der Waals surface area (Å²) in [5, 5.41) is 6.61. The topological polar surface area (TPSA) is 84.5 Å². The van der Waals surface area contributed by atoms with Crippen molar-refractivity contribution in [3.63, 3.8) is 0 Å². The fraction of sp³-hybridized carbons (Fsp3) is 0.350. The molecule has 2 fully saturated rings. The Bertz CT molecular complexity index is 956. The molecule has 0 saturated carbocycles. The molecule has 0 spiro atoms. The summed E-state index contributed by atoms with van der Waals surface area (Å²) in [4.78, 5) is 12.6. The van der Waals surface area contributed by atoms with Crippen molar-refractivity contribution >= 4 is 15.7 Å². The number of hydrogen-bond donors (Lipinski definition) is 2. The molecule has 27 heavy (non-hydrogen) atoms. The fourth-order valence-electron chi connectivity index (χ4n) is 3.88. The molecule has 0 aromatic heterocycles.